The summed E-state index contributed by atoms with van der Waals surface area (Å²) in [4.78, 5) is 27.8. The van der Waals surface area contributed by atoms with E-state index in [-0.39, 0.29) is 34.9 Å². The van der Waals surface area contributed by atoms with E-state index in [4.69, 9.17) is 0 Å². The zero-order chi connectivity index (χ0) is 23.7. The van der Waals surface area contributed by atoms with Crippen molar-refractivity contribution in [3.05, 3.63) is 94.4 Å². The largest absolute Gasteiger partial charge is 0.324 e. The van der Waals surface area contributed by atoms with Gasteiger partial charge in [0.2, 0.25) is 10.0 Å². The lowest BCUT2D eigenvalue weighted by Crippen LogP contribution is -2.50. The third-order valence-electron chi connectivity index (χ3n) is 6.38. The van der Waals surface area contributed by atoms with Crippen LogP contribution in [0.2, 0.25) is 0 Å². The highest BCUT2D eigenvalue weighted by Crippen LogP contribution is 2.35. The second-order valence-electron chi connectivity index (χ2n) is 8.93. The molecule has 2 aliphatic heterocycles. The summed E-state index contributed by atoms with van der Waals surface area (Å²) in [6.45, 7) is 1.51. The number of sulfonamides is 1. The van der Waals surface area contributed by atoms with Crippen LogP contribution in [-0.2, 0) is 22.3 Å². The van der Waals surface area contributed by atoms with Crippen molar-refractivity contribution in [1.82, 2.24) is 9.47 Å². The predicted octanol–water partition coefficient (Wildman–Crippen LogP) is 3.44. The first kappa shape index (κ1) is 22.2. The van der Waals surface area contributed by atoms with Gasteiger partial charge in [0.25, 0.3) is 5.56 Å². The van der Waals surface area contributed by atoms with E-state index < -0.39 is 10.0 Å². The molecule has 9 heteroatoms. The lowest BCUT2D eigenvalue weighted by atomic mass is 9.83. The maximum Gasteiger partial charge on any atom is 0.321 e. The average molecular weight is 479 g/mol. The molecule has 8 nitrogen and oxygen atoms in total. The fraction of sp³-hybridized carbons (Fsp3) is 0.280. The van der Waals surface area contributed by atoms with E-state index in [0.717, 1.165) is 17.8 Å². The molecule has 2 bridgehead atoms. The van der Waals surface area contributed by atoms with Crippen LogP contribution in [0.5, 0.6) is 0 Å². The third-order valence-corrected chi connectivity index (χ3v) is 7.63. The van der Waals surface area contributed by atoms with Crippen molar-refractivity contribution < 1.29 is 13.2 Å². The summed E-state index contributed by atoms with van der Waals surface area (Å²) in [5.74, 6) is -0.0514. The van der Waals surface area contributed by atoms with Crippen molar-refractivity contribution in [2.24, 2.45) is 5.92 Å². The van der Waals surface area contributed by atoms with Crippen LogP contribution in [-0.4, -0.2) is 37.0 Å². The molecule has 1 aromatic heterocycles. The van der Waals surface area contributed by atoms with Crippen LogP contribution in [0.15, 0.2) is 77.6 Å². The SMILES string of the molecule is O=C(Nc1ccccc1)N1C[C@@H]2C[C@H](C1)c1ccc(NS(=O)(=O)Cc3ccccc3)c(=O)n1C2. The normalized spacial score (nSPS) is 19.2. The number of piperidine rings is 1. The van der Waals surface area contributed by atoms with Gasteiger partial charge in [0.05, 0.1) is 5.75 Å². The molecular formula is C25H26N4O4S. The van der Waals surface area contributed by atoms with E-state index in [1.807, 2.05) is 36.4 Å². The van der Waals surface area contributed by atoms with Gasteiger partial charge in [-0.15, -0.1) is 0 Å². The fourth-order valence-electron chi connectivity index (χ4n) is 4.91. The Morgan fingerprint density at radius 3 is 2.35 bits per heavy atom. The summed E-state index contributed by atoms with van der Waals surface area (Å²) in [7, 11) is -3.73. The van der Waals surface area contributed by atoms with Crippen molar-refractivity contribution in [3.63, 3.8) is 0 Å². The van der Waals surface area contributed by atoms with Crippen molar-refractivity contribution in [2.45, 2.75) is 24.6 Å². The number of rotatable bonds is 5. The summed E-state index contributed by atoms with van der Waals surface area (Å²) in [5.41, 5.74) is 1.94. The number of nitrogens with one attached hydrogen (secondary N) is 2. The summed E-state index contributed by atoms with van der Waals surface area (Å²) in [6, 6.07) is 21.4. The van der Waals surface area contributed by atoms with Gasteiger partial charge in [-0.2, -0.15) is 0 Å². The molecule has 0 spiro atoms. The van der Waals surface area contributed by atoms with E-state index in [9.17, 15) is 18.0 Å². The Kier molecular flexibility index (Phi) is 5.87. The van der Waals surface area contributed by atoms with Gasteiger partial charge in [-0.3, -0.25) is 9.52 Å². The number of hydrogen-bond donors (Lipinski definition) is 2. The van der Waals surface area contributed by atoms with Crippen LogP contribution in [0, 0.1) is 5.92 Å². The summed E-state index contributed by atoms with van der Waals surface area (Å²) in [5, 5.41) is 2.93. The lowest BCUT2D eigenvalue weighted by molar-refractivity contribution is 0.139. The van der Waals surface area contributed by atoms with Gasteiger partial charge in [-0.25, -0.2) is 13.2 Å². The zero-order valence-corrected chi connectivity index (χ0v) is 19.4. The number of nitrogens with zero attached hydrogens (tertiary/aromatic N) is 2. The Hall–Kier alpha value is -3.59. The fourth-order valence-corrected chi connectivity index (χ4v) is 6.10. The number of hydrogen-bond acceptors (Lipinski definition) is 4. The number of aromatic nitrogens is 1. The zero-order valence-electron chi connectivity index (χ0n) is 18.6. The molecule has 0 unspecified atom stereocenters. The first-order chi connectivity index (χ1) is 16.4. The van der Waals surface area contributed by atoms with Gasteiger partial charge in [-0.1, -0.05) is 48.5 Å². The molecule has 3 heterocycles. The summed E-state index contributed by atoms with van der Waals surface area (Å²) in [6.07, 6.45) is 0.896. The van der Waals surface area contributed by atoms with Crippen LogP contribution < -0.4 is 15.6 Å². The van der Waals surface area contributed by atoms with E-state index >= 15 is 0 Å². The molecule has 34 heavy (non-hydrogen) atoms. The number of likely N-dealkylation sites (tertiary alicyclic amines) is 1. The molecule has 0 aliphatic carbocycles. The molecule has 2 aliphatic rings. The standard InChI is InChI=1S/C25H26N4O4S/c30-24-22(27-34(32,33)17-18-7-3-1-4-8-18)11-12-23-20-13-19(15-29(23)24)14-28(16-20)25(31)26-21-9-5-2-6-10-21/h1-12,19-20,27H,13-17H2,(H,26,31)/t19-,20+/m0/s1. The topological polar surface area (TPSA) is 101 Å². The highest BCUT2D eigenvalue weighted by atomic mass is 32.2. The van der Waals surface area contributed by atoms with Gasteiger partial charge < -0.3 is 14.8 Å². The summed E-state index contributed by atoms with van der Waals surface area (Å²) < 4.78 is 29.4. The minimum atomic E-state index is -3.73. The van der Waals surface area contributed by atoms with Crippen LogP contribution in [0.1, 0.15) is 23.6 Å². The number of pyridine rings is 1. The quantitative estimate of drug-likeness (QED) is 0.587. The van der Waals surface area contributed by atoms with Crippen LogP contribution >= 0.6 is 0 Å². The van der Waals surface area contributed by atoms with E-state index in [2.05, 4.69) is 10.0 Å². The molecule has 0 radical (unpaired) electrons. The number of amides is 2. The smallest absolute Gasteiger partial charge is 0.321 e. The first-order valence-electron chi connectivity index (χ1n) is 11.3. The van der Waals surface area contributed by atoms with Gasteiger partial charge in [0.15, 0.2) is 0 Å². The number of benzene rings is 2. The van der Waals surface area contributed by atoms with E-state index in [0.29, 0.717) is 25.2 Å². The Labute approximate surface area is 198 Å². The van der Waals surface area contributed by atoms with Crippen molar-refractivity contribution in [2.75, 3.05) is 23.1 Å². The van der Waals surface area contributed by atoms with Gasteiger partial charge in [0, 0.05) is 36.9 Å². The van der Waals surface area contributed by atoms with Gasteiger partial charge in [-0.05, 0) is 42.2 Å². The number of anilines is 2. The van der Waals surface area contributed by atoms with Gasteiger partial charge >= 0.3 is 6.03 Å². The number of carbonyl (C=O) groups is 1. The highest BCUT2D eigenvalue weighted by Gasteiger charge is 2.37. The molecule has 2 aromatic carbocycles. The Morgan fingerprint density at radius 1 is 0.912 bits per heavy atom. The maximum atomic E-state index is 13.2. The highest BCUT2D eigenvalue weighted by molar-refractivity contribution is 7.91. The number of fused-ring (bicyclic) bond motifs is 4. The molecule has 2 atom stereocenters. The summed E-state index contributed by atoms with van der Waals surface area (Å²) >= 11 is 0. The predicted molar refractivity (Wildman–Crippen MR) is 131 cm³/mol. The minimum Gasteiger partial charge on any atom is -0.324 e. The van der Waals surface area contributed by atoms with E-state index in [1.54, 1.807) is 45.9 Å². The second kappa shape index (κ2) is 8.98. The van der Waals surface area contributed by atoms with Crippen molar-refractivity contribution >= 4 is 27.4 Å². The van der Waals surface area contributed by atoms with Gasteiger partial charge in [0.1, 0.15) is 5.69 Å². The minimum absolute atomic E-state index is 0.0247. The lowest BCUT2D eigenvalue weighted by Gasteiger charge is -2.42. The Balaban J connectivity index is 1.33. The monoisotopic (exact) mass is 478 g/mol. The molecular weight excluding hydrogens is 452 g/mol. The molecule has 176 valence electrons. The molecule has 3 aromatic rings. The molecule has 0 saturated carbocycles. The Bertz CT molecular complexity index is 1360. The molecule has 2 amide bonds. The molecule has 2 N–H and O–H groups in total. The third kappa shape index (κ3) is 4.70. The average Bonchev–Trinajstić information content (AvgIpc) is 2.82. The molecule has 5 rings (SSSR count). The van der Waals surface area contributed by atoms with Crippen molar-refractivity contribution in [3.8, 4) is 0 Å². The van der Waals surface area contributed by atoms with Crippen LogP contribution in [0.3, 0.4) is 0 Å². The first-order valence-corrected chi connectivity index (χ1v) is 12.9. The van der Waals surface area contributed by atoms with Crippen LogP contribution in [0.25, 0.3) is 0 Å². The second-order valence-corrected chi connectivity index (χ2v) is 10.7. The molecule has 1 saturated heterocycles. The maximum absolute atomic E-state index is 13.2. The van der Waals surface area contributed by atoms with Crippen LogP contribution in [0.4, 0.5) is 16.2 Å². The Morgan fingerprint density at radius 2 is 1.62 bits per heavy atom. The number of urea groups is 1. The number of para-hydroxylation sites is 1. The van der Waals surface area contributed by atoms with E-state index in [1.165, 1.54) is 0 Å². The molecule has 1 fully saturated rings. The number of carbonyl (C=O) groups excluding carboxylic acids is 1. The van der Waals surface area contributed by atoms with Crippen molar-refractivity contribution in [1.29, 1.82) is 0 Å².